The van der Waals surface area contributed by atoms with E-state index in [4.69, 9.17) is 4.98 Å². The summed E-state index contributed by atoms with van der Waals surface area (Å²) < 4.78 is 5.02. The van der Waals surface area contributed by atoms with Crippen LogP contribution in [0.25, 0.3) is 31.8 Å². The highest BCUT2D eigenvalue weighted by molar-refractivity contribution is 7.25. The highest BCUT2D eigenvalue weighted by Crippen LogP contribution is 2.30. The second-order valence-corrected chi connectivity index (χ2v) is 6.68. The van der Waals surface area contributed by atoms with E-state index in [-0.39, 0.29) is 5.56 Å². The molecular weight excluding hydrogens is 320 g/mol. The van der Waals surface area contributed by atoms with Gasteiger partial charge in [0, 0.05) is 10.1 Å². The largest absolute Gasteiger partial charge is 0.293 e. The number of thiophene rings is 1. The third kappa shape index (κ3) is 1.71. The molecule has 0 aliphatic heterocycles. The van der Waals surface area contributed by atoms with E-state index >= 15 is 0 Å². The molecule has 5 rings (SSSR count). The minimum atomic E-state index is -0.117. The van der Waals surface area contributed by atoms with E-state index in [1.54, 1.807) is 0 Å². The first-order valence-corrected chi connectivity index (χ1v) is 8.41. The summed E-state index contributed by atoms with van der Waals surface area (Å²) in [4.78, 5) is 17.7. The fourth-order valence-electron chi connectivity index (χ4n) is 3.07. The molecule has 6 heteroatoms. The van der Waals surface area contributed by atoms with Gasteiger partial charge in [0.1, 0.15) is 10.5 Å². The van der Waals surface area contributed by atoms with Crippen LogP contribution in [0.5, 0.6) is 0 Å². The van der Waals surface area contributed by atoms with Crippen LogP contribution in [0.1, 0.15) is 5.82 Å². The Balaban J connectivity index is 1.99. The molecule has 0 aliphatic rings. The summed E-state index contributed by atoms with van der Waals surface area (Å²) in [6.45, 7) is 1.88. The average molecular weight is 332 g/mol. The zero-order chi connectivity index (χ0) is 16.3. The van der Waals surface area contributed by atoms with Gasteiger partial charge in [-0.25, -0.2) is 4.98 Å². The third-order valence-corrected chi connectivity index (χ3v) is 5.29. The van der Waals surface area contributed by atoms with Crippen LogP contribution in [0, 0.1) is 6.92 Å². The summed E-state index contributed by atoms with van der Waals surface area (Å²) in [5.41, 5.74) is 1.57. The van der Waals surface area contributed by atoms with Crippen LogP contribution in [0.4, 0.5) is 0 Å². The van der Waals surface area contributed by atoms with Gasteiger partial charge in [-0.1, -0.05) is 36.4 Å². The second-order valence-electron chi connectivity index (χ2n) is 5.62. The fraction of sp³-hybridized carbons (Fsp3) is 0.0556. The molecule has 5 aromatic rings. The summed E-state index contributed by atoms with van der Waals surface area (Å²) in [6, 6.07) is 17.8. The van der Waals surface area contributed by atoms with Gasteiger partial charge in [0.25, 0.3) is 5.56 Å². The van der Waals surface area contributed by atoms with E-state index in [1.165, 1.54) is 15.9 Å². The molecule has 5 nitrogen and oxygen atoms in total. The van der Waals surface area contributed by atoms with Gasteiger partial charge < -0.3 is 0 Å². The van der Waals surface area contributed by atoms with Crippen LogP contribution >= 0.6 is 11.3 Å². The van der Waals surface area contributed by atoms with Crippen LogP contribution in [-0.4, -0.2) is 19.2 Å². The van der Waals surface area contributed by atoms with Gasteiger partial charge >= 0.3 is 0 Å². The van der Waals surface area contributed by atoms with Crippen molar-refractivity contribution in [3.63, 3.8) is 0 Å². The second kappa shape index (κ2) is 4.75. The molecule has 3 aromatic heterocycles. The number of fused-ring (bicyclic) bond motifs is 4. The molecule has 0 saturated heterocycles. The van der Waals surface area contributed by atoms with Gasteiger partial charge in [-0.05, 0) is 25.1 Å². The van der Waals surface area contributed by atoms with Gasteiger partial charge in [-0.2, -0.15) is 4.52 Å². The summed E-state index contributed by atoms with van der Waals surface area (Å²) in [7, 11) is 0. The molecule has 0 fully saturated rings. The number of nitrogens with zero attached hydrogens (tertiary/aromatic N) is 4. The Morgan fingerprint density at radius 1 is 1.00 bits per heavy atom. The van der Waals surface area contributed by atoms with Crippen molar-refractivity contribution in [1.29, 1.82) is 0 Å². The van der Waals surface area contributed by atoms with Gasteiger partial charge in [-0.15, -0.1) is 16.4 Å². The minimum absolute atomic E-state index is 0.117. The topological polar surface area (TPSA) is 52.2 Å². The van der Waals surface area contributed by atoms with Gasteiger partial charge in [0.05, 0.1) is 11.2 Å². The normalized spacial score (nSPS) is 11.7. The number of hydrogen-bond acceptors (Lipinski definition) is 4. The number of aromatic nitrogens is 4. The maximum absolute atomic E-state index is 12.9. The lowest BCUT2D eigenvalue weighted by molar-refractivity contribution is 0.894. The molecule has 0 unspecified atom stereocenters. The predicted octanol–water partition coefficient (Wildman–Crippen LogP) is 3.56. The van der Waals surface area contributed by atoms with Crippen LogP contribution in [-0.2, 0) is 0 Å². The van der Waals surface area contributed by atoms with Crippen molar-refractivity contribution < 1.29 is 0 Å². The van der Waals surface area contributed by atoms with E-state index in [0.29, 0.717) is 10.5 Å². The van der Waals surface area contributed by atoms with E-state index in [0.717, 1.165) is 27.1 Å². The maximum Gasteiger partial charge on any atom is 0.293 e. The van der Waals surface area contributed by atoms with Crippen molar-refractivity contribution in [1.82, 2.24) is 19.2 Å². The van der Waals surface area contributed by atoms with E-state index in [2.05, 4.69) is 5.10 Å². The summed E-state index contributed by atoms with van der Waals surface area (Å²) in [5, 5.41) is 5.43. The van der Waals surface area contributed by atoms with Crippen LogP contribution in [0.3, 0.4) is 0 Å². The summed E-state index contributed by atoms with van der Waals surface area (Å²) in [6.07, 6.45) is 0. The van der Waals surface area contributed by atoms with Crippen LogP contribution < -0.4 is 5.56 Å². The molecule has 0 radical (unpaired) electrons. The van der Waals surface area contributed by atoms with Crippen molar-refractivity contribution in [2.24, 2.45) is 0 Å². The predicted molar refractivity (Wildman–Crippen MR) is 96.2 cm³/mol. The smallest absolute Gasteiger partial charge is 0.266 e. The molecule has 0 saturated carbocycles. The van der Waals surface area contributed by atoms with Crippen LogP contribution in [0.2, 0.25) is 0 Å². The number of hydrogen-bond donors (Lipinski definition) is 0. The molecule has 24 heavy (non-hydrogen) atoms. The van der Waals surface area contributed by atoms with Gasteiger partial charge in [0.2, 0.25) is 5.78 Å². The molecule has 2 aromatic carbocycles. The third-order valence-electron chi connectivity index (χ3n) is 4.14. The van der Waals surface area contributed by atoms with Crippen molar-refractivity contribution in [2.75, 3.05) is 0 Å². The van der Waals surface area contributed by atoms with Crippen LogP contribution in [0.15, 0.2) is 59.4 Å². The minimum Gasteiger partial charge on any atom is -0.266 e. The Labute approximate surface area is 140 Å². The Hall–Kier alpha value is -2.99. The van der Waals surface area contributed by atoms with E-state index in [9.17, 15) is 4.79 Å². The SMILES string of the molecule is Cc1nn2c(=O)c3sc4ccccc4c3nc2n1-c1ccccc1. The van der Waals surface area contributed by atoms with Gasteiger partial charge in [-0.3, -0.25) is 9.36 Å². The highest BCUT2D eigenvalue weighted by atomic mass is 32.1. The molecule has 0 aliphatic carbocycles. The van der Waals surface area contributed by atoms with E-state index < -0.39 is 0 Å². The van der Waals surface area contributed by atoms with Crippen molar-refractivity contribution in [3.05, 3.63) is 70.8 Å². The molecule has 0 bridgehead atoms. The quantitative estimate of drug-likeness (QED) is 0.472. The molecule has 0 atom stereocenters. The number of rotatable bonds is 1. The monoisotopic (exact) mass is 332 g/mol. The molecular formula is C18H12N4OS. The Bertz CT molecular complexity index is 1280. The molecule has 0 amide bonds. The van der Waals surface area contributed by atoms with Crippen molar-refractivity contribution in [3.8, 4) is 5.69 Å². The van der Waals surface area contributed by atoms with Crippen molar-refractivity contribution >= 4 is 37.4 Å². The van der Waals surface area contributed by atoms with E-state index in [1.807, 2.05) is 66.1 Å². The number of para-hydroxylation sites is 1. The molecule has 0 N–H and O–H groups in total. The Morgan fingerprint density at radius 2 is 1.75 bits per heavy atom. The lowest BCUT2D eigenvalue weighted by atomic mass is 10.2. The zero-order valence-electron chi connectivity index (χ0n) is 12.8. The molecule has 0 spiro atoms. The zero-order valence-corrected chi connectivity index (χ0v) is 13.6. The number of aryl methyl sites for hydroxylation is 1. The Morgan fingerprint density at radius 3 is 2.58 bits per heavy atom. The van der Waals surface area contributed by atoms with Gasteiger partial charge in [0.15, 0.2) is 0 Å². The average Bonchev–Trinajstić information content (AvgIpc) is 3.14. The lowest BCUT2D eigenvalue weighted by Crippen LogP contribution is -2.14. The first-order valence-electron chi connectivity index (χ1n) is 7.59. The van der Waals surface area contributed by atoms with Crippen molar-refractivity contribution in [2.45, 2.75) is 6.92 Å². The number of benzene rings is 2. The maximum atomic E-state index is 12.9. The lowest BCUT2D eigenvalue weighted by Gasteiger charge is -2.04. The highest BCUT2D eigenvalue weighted by Gasteiger charge is 2.17. The molecule has 116 valence electrons. The Kier molecular flexibility index (Phi) is 2.66. The summed E-state index contributed by atoms with van der Waals surface area (Å²) >= 11 is 1.47. The first-order chi connectivity index (χ1) is 11.7. The summed E-state index contributed by atoms with van der Waals surface area (Å²) in [5.74, 6) is 1.27. The standard InChI is InChI=1S/C18H12N4OS/c1-11-20-22-17(23)16-15(13-9-5-6-10-14(13)24-16)19-18(22)21(11)12-7-3-2-4-8-12/h2-10H,1H3. The fourth-order valence-corrected chi connectivity index (χ4v) is 4.14. The molecule has 3 heterocycles. The first kappa shape index (κ1) is 13.4.